The maximum atomic E-state index is 12.4. The number of carbonyl (C=O) groups is 1. The van der Waals surface area contributed by atoms with Crippen LogP contribution in [0.25, 0.3) is 0 Å². The van der Waals surface area contributed by atoms with Crippen LogP contribution in [0.2, 0.25) is 5.02 Å². The van der Waals surface area contributed by atoms with E-state index in [1.165, 1.54) is 16.7 Å². The van der Waals surface area contributed by atoms with Crippen LogP contribution in [0, 0.1) is 0 Å². The second-order valence-electron chi connectivity index (χ2n) is 6.89. The molecule has 16 heteroatoms. The van der Waals surface area contributed by atoms with Crippen LogP contribution < -0.4 is 40.2 Å². The molecule has 32 heavy (non-hydrogen) atoms. The van der Waals surface area contributed by atoms with Gasteiger partial charge in [0.05, 0.1) is 6.61 Å². The molecule has 11 nitrogen and oxygen atoms in total. The third kappa shape index (κ3) is 4.59. The predicted molar refractivity (Wildman–Crippen MR) is 114 cm³/mol. The molecule has 4 aliphatic rings. The van der Waals surface area contributed by atoms with Gasteiger partial charge in [0.25, 0.3) is 5.91 Å². The van der Waals surface area contributed by atoms with Crippen LogP contribution in [0.4, 0.5) is 0 Å². The number of amides is 1. The van der Waals surface area contributed by atoms with Gasteiger partial charge in [-0.1, -0.05) is 35.2 Å². The minimum Gasteiger partial charge on any atom is -0.780 e. The van der Waals surface area contributed by atoms with Gasteiger partial charge in [-0.05, 0) is 24.3 Å². The van der Waals surface area contributed by atoms with Crippen LogP contribution in [0.1, 0.15) is 0 Å². The van der Waals surface area contributed by atoms with Crippen molar-refractivity contribution in [2.24, 2.45) is 20.7 Å². The number of amidine groups is 2. The second kappa shape index (κ2) is 9.33. The first-order chi connectivity index (χ1) is 14.7. The van der Waals surface area contributed by atoms with Gasteiger partial charge in [-0.3, -0.25) is 9.69 Å². The van der Waals surface area contributed by atoms with Crippen LogP contribution >= 0.6 is 30.1 Å². The summed E-state index contributed by atoms with van der Waals surface area (Å²) in [5, 5.41) is 11.8. The molecule has 0 radical (unpaired) electrons. The molecule has 164 valence electrons. The van der Waals surface area contributed by atoms with E-state index in [1.54, 1.807) is 24.3 Å². The van der Waals surface area contributed by atoms with Gasteiger partial charge >= 0.3 is 29.6 Å². The molecular weight excluding hydrogens is 512 g/mol. The summed E-state index contributed by atoms with van der Waals surface area (Å²) in [6.45, 7) is -3.83. The van der Waals surface area contributed by atoms with Crippen molar-refractivity contribution in [1.82, 2.24) is 4.90 Å². The topological polar surface area (TPSA) is 154 Å². The molecule has 1 amide bonds. The van der Waals surface area contributed by atoms with Crippen molar-refractivity contribution in [1.29, 1.82) is 0 Å². The molecular formula is C16H14ClN5NaO6PS2. The minimum atomic E-state index is -3.72. The summed E-state index contributed by atoms with van der Waals surface area (Å²) < 4.78 is 16.2. The third-order valence-electron chi connectivity index (χ3n) is 4.86. The second-order valence-corrected chi connectivity index (χ2v) is 11.1. The van der Waals surface area contributed by atoms with E-state index in [0.29, 0.717) is 10.2 Å². The number of aliphatic imine (C=N–C) groups is 3. The normalized spacial score (nSPS) is 36.0. The van der Waals surface area contributed by atoms with E-state index in [2.05, 4.69) is 15.0 Å². The summed E-state index contributed by atoms with van der Waals surface area (Å²) in [4.78, 5) is 39.0. The number of rotatable bonds is 2. The van der Waals surface area contributed by atoms with Crippen molar-refractivity contribution < 1.29 is 58.1 Å². The van der Waals surface area contributed by atoms with E-state index < -0.39 is 43.2 Å². The maximum absolute atomic E-state index is 12.4. The van der Waals surface area contributed by atoms with Crippen molar-refractivity contribution >= 4 is 64.8 Å². The molecule has 5 rings (SSSR count). The largest absolute Gasteiger partial charge is 1.00 e. The maximum Gasteiger partial charge on any atom is 1.00 e. The number of nitrogens with zero attached hydrogens (tertiary/aromatic N) is 4. The van der Waals surface area contributed by atoms with E-state index >= 15 is 0 Å². The SMILES string of the molecule is NC1=NC(=O)C2N=C(Sc3ccc(Cl)cc3)N([C@@H]3O[C@@H]4COP([O-])(=S)O[C@H]4[C@H]3O)C2=N1.[Na+]. The number of hydrogen-bond acceptors (Lipinski definition) is 12. The summed E-state index contributed by atoms with van der Waals surface area (Å²) in [5.74, 6) is -0.647. The summed E-state index contributed by atoms with van der Waals surface area (Å²) in [6.07, 6.45) is -4.05. The van der Waals surface area contributed by atoms with E-state index in [0.717, 1.165) is 4.90 Å². The Morgan fingerprint density at radius 2 is 2.06 bits per heavy atom. The molecule has 2 fully saturated rings. The van der Waals surface area contributed by atoms with Gasteiger partial charge in [0.15, 0.2) is 23.3 Å². The van der Waals surface area contributed by atoms with Crippen molar-refractivity contribution in [3.05, 3.63) is 29.3 Å². The zero-order chi connectivity index (χ0) is 21.9. The standard InChI is InChI=1S/C16H15ClN5O6PS2.Na/c17-6-1-3-7(4-2-6)31-16-19-9-12(20-15(18)21-13(9)24)22(16)14-10(23)11-8(27-14)5-26-29(25,30)28-11;/h1-4,8-11,14,23H,5H2,(H,25,30)(H2,18,21,24);/q;+1/p-1/t8-,9?,10-,11-,14-,29?;/m1./s1. The van der Waals surface area contributed by atoms with Crippen molar-refractivity contribution in [2.45, 2.75) is 35.5 Å². The molecule has 0 aromatic heterocycles. The number of halogens is 1. The molecule has 3 N–H and O–H groups in total. The smallest absolute Gasteiger partial charge is 0.780 e. The molecule has 0 spiro atoms. The molecule has 2 saturated heterocycles. The average Bonchev–Trinajstić information content (AvgIpc) is 3.20. The van der Waals surface area contributed by atoms with Crippen LogP contribution in [0.5, 0.6) is 0 Å². The van der Waals surface area contributed by atoms with E-state index in [-0.39, 0.29) is 48.0 Å². The van der Waals surface area contributed by atoms with Crippen LogP contribution in [-0.4, -0.2) is 70.1 Å². The average molecular weight is 526 g/mol. The Bertz CT molecular complexity index is 1090. The first-order valence-corrected chi connectivity index (χ1v) is 12.7. The third-order valence-corrected chi connectivity index (χ3v) is 7.65. The van der Waals surface area contributed by atoms with Crippen molar-refractivity contribution in [3.8, 4) is 0 Å². The fourth-order valence-electron chi connectivity index (χ4n) is 3.52. The number of aliphatic hydroxyl groups excluding tert-OH is 1. The fraction of sp³-hybridized carbons (Fsp3) is 0.375. The minimum absolute atomic E-state index is 0. The molecule has 0 aliphatic carbocycles. The Kier molecular flexibility index (Phi) is 7.20. The molecule has 1 aromatic rings. The molecule has 6 atom stereocenters. The van der Waals surface area contributed by atoms with Gasteiger partial charge in [-0.25, -0.2) is 4.99 Å². The monoisotopic (exact) mass is 525 g/mol. The van der Waals surface area contributed by atoms with E-state index in [1.807, 2.05) is 0 Å². The Hall–Kier alpha value is -0.410. The Morgan fingerprint density at radius 1 is 1.34 bits per heavy atom. The molecule has 2 unspecified atom stereocenters. The number of guanidine groups is 1. The summed E-state index contributed by atoms with van der Waals surface area (Å²) in [6, 6.07) is 5.95. The van der Waals surface area contributed by atoms with Gasteiger partial charge in [0, 0.05) is 9.92 Å². The van der Waals surface area contributed by atoms with Gasteiger partial charge in [-0.2, -0.15) is 9.98 Å². The fourth-order valence-corrected chi connectivity index (χ4v) is 6.01. The Labute approximate surface area is 218 Å². The number of nitrogens with two attached hydrogens (primary N) is 1. The van der Waals surface area contributed by atoms with Gasteiger partial charge in [-0.15, -0.1) is 0 Å². The Morgan fingerprint density at radius 3 is 2.78 bits per heavy atom. The van der Waals surface area contributed by atoms with Gasteiger partial charge < -0.3 is 29.5 Å². The first kappa shape index (κ1) is 24.7. The van der Waals surface area contributed by atoms with E-state index in [9.17, 15) is 14.8 Å². The van der Waals surface area contributed by atoms with Crippen LogP contribution in [0.3, 0.4) is 0 Å². The summed E-state index contributed by atoms with van der Waals surface area (Å²) >= 11 is 11.9. The Balaban J connectivity index is 0.00000245. The zero-order valence-electron chi connectivity index (χ0n) is 16.4. The van der Waals surface area contributed by atoms with Gasteiger partial charge in [0.1, 0.15) is 25.0 Å². The summed E-state index contributed by atoms with van der Waals surface area (Å²) in [7, 11) is 0. The number of hydrogen-bond donors (Lipinski definition) is 2. The molecule has 4 aliphatic heterocycles. The zero-order valence-corrected chi connectivity index (χ0v) is 21.7. The van der Waals surface area contributed by atoms with Crippen molar-refractivity contribution in [3.63, 3.8) is 0 Å². The number of aliphatic hydroxyl groups is 1. The number of carbonyl (C=O) groups excluding carboxylic acids is 1. The molecule has 4 heterocycles. The predicted octanol–water partition coefficient (Wildman–Crippen LogP) is -3.18. The molecule has 0 bridgehead atoms. The molecule has 1 aromatic carbocycles. The van der Waals surface area contributed by atoms with Gasteiger partial charge in [0.2, 0.25) is 5.96 Å². The quantitative estimate of drug-likeness (QED) is 0.298. The molecule has 0 saturated carbocycles. The number of thioether (sulfide) groups is 1. The number of fused-ring (bicyclic) bond motifs is 2. The number of benzene rings is 1. The summed E-state index contributed by atoms with van der Waals surface area (Å²) in [5.41, 5.74) is 5.69. The van der Waals surface area contributed by atoms with Crippen LogP contribution in [0.15, 0.2) is 44.1 Å². The van der Waals surface area contributed by atoms with E-state index in [4.69, 9.17) is 42.9 Å². The van der Waals surface area contributed by atoms with Crippen LogP contribution in [-0.2, 0) is 30.4 Å². The number of ether oxygens (including phenoxy) is 1. The van der Waals surface area contributed by atoms with Crippen molar-refractivity contribution in [2.75, 3.05) is 6.61 Å². The first-order valence-electron chi connectivity index (χ1n) is 8.96.